The molecule has 18 heavy (non-hydrogen) atoms. The summed E-state index contributed by atoms with van der Waals surface area (Å²) in [4.78, 5) is 4.28. The second kappa shape index (κ2) is 4.58. The second-order valence-electron chi connectivity index (χ2n) is 5.27. The summed E-state index contributed by atoms with van der Waals surface area (Å²) in [6, 6.07) is 7.99. The van der Waals surface area contributed by atoms with Crippen molar-refractivity contribution in [3.05, 3.63) is 40.5 Å². The number of hydrogen-bond donors (Lipinski definition) is 1. The van der Waals surface area contributed by atoms with Crippen LogP contribution in [0.2, 0.25) is 5.15 Å². The molecule has 94 valence electrons. The zero-order chi connectivity index (χ0) is 13.3. The Hall–Kier alpha value is -1.61. The van der Waals surface area contributed by atoms with Gasteiger partial charge in [0.1, 0.15) is 5.15 Å². The first-order valence-electron chi connectivity index (χ1n) is 5.70. The van der Waals surface area contributed by atoms with E-state index in [4.69, 9.17) is 16.8 Å². The van der Waals surface area contributed by atoms with Gasteiger partial charge in [0.25, 0.3) is 0 Å². The van der Waals surface area contributed by atoms with Crippen molar-refractivity contribution in [1.29, 1.82) is 0 Å². The molecule has 3 nitrogen and oxygen atoms in total. The summed E-state index contributed by atoms with van der Waals surface area (Å²) < 4.78 is 0. The Bertz CT molecular complexity index is 615. The number of benzene rings is 1. The van der Waals surface area contributed by atoms with Gasteiger partial charge in [-0.05, 0) is 29.2 Å². The van der Waals surface area contributed by atoms with Crippen molar-refractivity contribution in [2.24, 2.45) is 5.16 Å². The smallest absolute Gasteiger partial charge is 0.138 e. The van der Waals surface area contributed by atoms with Crippen LogP contribution in [0, 0.1) is 0 Å². The van der Waals surface area contributed by atoms with Gasteiger partial charge in [-0.2, -0.15) is 0 Å². The number of rotatable bonds is 1. The van der Waals surface area contributed by atoms with E-state index in [1.54, 1.807) is 0 Å². The van der Waals surface area contributed by atoms with E-state index < -0.39 is 0 Å². The van der Waals surface area contributed by atoms with Crippen LogP contribution in [0.1, 0.15) is 31.9 Å². The molecule has 2 rings (SSSR count). The molecule has 0 radical (unpaired) electrons. The lowest BCUT2D eigenvalue weighted by Crippen LogP contribution is -2.10. The molecule has 0 atom stereocenters. The van der Waals surface area contributed by atoms with E-state index in [9.17, 15) is 0 Å². The summed E-state index contributed by atoms with van der Waals surface area (Å²) in [7, 11) is 0. The molecule has 4 heteroatoms. The summed E-state index contributed by atoms with van der Waals surface area (Å²) in [5.74, 6) is 0. The number of halogens is 1. The van der Waals surface area contributed by atoms with Gasteiger partial charge >= 0.3 is 0 Å². The predicted molar refractivity (Wildman–Crippen MR) is 74.8 cm³/mol. The maximum Gasteiger partial charge on any atom is 0.138 e. The summed E-state index contributed by atoms with van der Waals surface area (Å²) in [5, 5.41) is 12.9. The minimum absolute atomic E-state index is 0.0824. The van der Waals surface area contributed by atoms with Crippen molar-refractivity contribution < 1.29 is 5.21 Å². The van der Waals surface area contributed by atoms with Gasteiger partial charge in [-0.3, -0.25) is 0 Å². The molecule has 0 aliphatic rings. The van der Waals surface area contributed by atoms with Crippen molar-refractivity contribution in [1.82, 2.24) is 4.98 Å². The zero-order valence-corrected chi connectivity index (χ0v) is 11.4. The standard InChI is InChI=1S/C14H15ClN2O/c1-14(2,3)11-4-5-12-9(7-11)6-10(8-16-18)13(15)17-12/h4-8,18H,1-3H3. The summed E-state index contributed by atoms with van der Waals surface area (Å²) in [6.45, 7) is 6.48. The fourth-order valence-corrected chi connectivity index (χ4v) is 1.98. The first-order valence-corrected chi connectivity index (χ1v) is 6.08. The Morgan fingerprint density at radius 3 is 2.61 bits per heavy atom. The molecule has 1 aromatic heterocycles. The van der Waals surface area contributed by atoms with Gasteiger partial charge in [0.2, 0.25) is 0 Å². The van der Waals surface area contributed by atoms with Gasteiger partial charge in [-0.1, -0.05) is 43.6 Å². The molecule has 2 aromatic rings. The Kier molecular flexibility index (Phi) is 3.26. The molecular weight excluding hydrogens is 248 g/mol. The maximum absolute atomic E-state index is 8.58. The molecular formula is C14H15ClN2O. The molecule has 1 N–H and O–H groups in total. The molecule has 1 heterocycles. The van der Waals surface area contributed by atoms with Gasteiger partial charge in [0, 0.05) is 10.9 Å². The van der Waals surface area contributed by atoms with E-state index in [1.165, 1.54) is 11.8 Å². The Labute approximate surface area is 111 Å². The third-order valence-corrected chi connectivity index (χ3v) is 3.16. The molecule has 0 saturated carbocycles. The third kappa shape index (κ3) is 2.46. The van der Waals surface area contributed by atoms with Crippen molar-refractivity contribution >= 4 is 28.7 Å². The fraction of sp³-hybridized carbons (Fsp3) is 0.286. The van der Waals surface area contributed by atoms with E-state index >= 15 is 0 Å². The first-order chi connectivity index (χ1) is 8.41. The lowest BCUT2D eigenvalue weighted by molar-refractivity contribution is 0.322. The van der Waals surface area contributed by atoms with Gasteiger partial charge in [0.05, 0.1) is 11.7 Å². The van der Waals surface area contributed by atoms with Crippen LogP contribution in [0.3, 0.4) is 0 Å². The van der Waals surface area contributed by atoms with E-state index in [0.29, 0.717) is 10.7 Å². The van der Waals surface area contributed by atoms with Crippen LogP contribution < -0.4 is 0 Å². The summed E-state index contributed by atoms with van der Waals surface area (Å²) in [5.41, 5.74) is 2.76. The number of pyridine rings is 1. The highest BCUT2D eigenvalue weighted by molar-refractivity contribution is 6.32. The Morgan fingerprint density at radius 2 is 2.00 bits per heavy atom. The largest absolute Gasteiger partial charge is 0.411 e. The zero-order valence-electron chi connectivity index (χ0n) is 10.6. The van der Waals surface area contributed by atoms with Crippen LogP contribution in [0.5, 0.6) is 0 Å². The number of oxime groups is 1. The Balaban J connectivity index is 2.65. The van der Waals surface area contributed by atoms with Crippen LogP contribution in [0.25, 0.3) is 10.9 Å². The van der Waals surface area contributed by atoms with E-state index in [-0.39, 0.29) is 5.41 Å². The van der Waals surface area contributed by atoms with Crippen LogP contribution in [0.15, 0.2) is 29.4 Å². The summed E-state index contributed by atoms with van der Waals surface area (Å²) >= 11 is 6.00. The highest BCUT2D eigenvalue weighted by Gasteiger charge is 2.14. The van der Waals surface area contributed by atoms with Gasteiger partial charge in [0.15, 0.2) is 0 Å². The van der Waals surface area contributed by atoms with Crippen LogP contribution in [-0.2, 0) is 5.41 Å². The molecule has 0 aliphatic heterocycles. The van der Waals surface area contributed by atoms with Gasteiger partial charge in [-0.15, -0.1) is 0 Å². The molecule has 0 spiro atoms. The number of hydrogen-bond acceptors (Lipinski definition) is 3. The predicted octanol–water partition coefficient (Wildman–Crippen LogP) is 3.99. The van der Waals surface area contributed by atoms with Crippen LogP contribution in [0.4, 0.5) is 0 Å². The number of nitrogens with zero attached hydrogens (tertiary/aromatic N) is 2. The highest BCUT2D eigenvalue weighted by atomic mass is 35.5. The second-order valence-corrected chi connectivity index (χ2v) is 5.63. The average molecular weight is 263 g/mol. The van der Waals surface area contributed by atoms with Crippen molar-refractivity contribution in [3.8, 4) is 0 Å². The van der Waals surface area contributed by atoms with E-state index in [1.807, 2.05) is 12.1 Å². The quantitative estimate of drug-likeness (QED) is 0.365. The van der Waals surface area contributed by atoms with E-state index in [2.05, 4.69) is 43.0 Å². The maximum atomic E-state index is 8.58. The minimum atomic E-state index is 0.0824. The lowest BCUT2D eigenvalue weighted by atomic mass is 9.86. The topological polar surface area (TPSA) is 45.5 Å². The van der Waals surface area contributed by atoms with Crippen LogP contribution in [-0.4, -0.2) is 16.4 Å². The first kappa shape index (κ1) is 12.8. The summed E-state index contributed by atoms with van der Waals surface area (Å²) in [6.07, 6.45) is 1.29. The van der Waals surface area contributed by atoms with Gasteiger partial charge < -0.3 is 5.21 Å². The molecule has 1 aromatic carbocycles. The normalized spacial score (nSPS) is 12.4. The molecule has 0 amide bonds. The third-order valence-electron chi connectivity index (χ3n) is 2.86. The monoisotopic (exact) mass is 262 g/mol. The molecule has 0 unspecified atom stereocenters. The fourth-order valence-electron chi connectivity index (χ4n) is 1.79. The average Bonchev–Trinajstić information content (AvgIpc) is 2.28. The number of fused-ring (bicyclic) bond motifs is 1. The van der Waals surface area contributed by atoms with Crippen molar-refractivity contribution in [3.63, 3.8) is 0 Å². The SMILES string of the molecule is CC(C)(C)c1ccc2nc(Cl)c(C=NO)cc2c1. The van der Waals surface area contributed by atoms with Crippen LogP contribution >= 0.6 is 11.6 Å². The molecule has 0 saturated heterocycles. The molecule has 0 aliphatic carbocycles. The van der Waals surface area contributed by atoms with Crippen molar-refractivity contribution in [2.45, 2.75) is 26.2 Å². The lowest BCUT2D eigenvalue weighted by Gasteiger charge is -2.19. The minimum Gasteiger partial charge on any atom is -0.411 e. The van der Waals surface area contributed by atoms with Crippen molar-refractivity contribution in [2.75, 3.05) is 0 Å². The van der Waals surface area contributed by atoms with E-state index in [0.717, 1.165) is 10.9 Å². The number of aromatic nitrogens is 1. The highest BCUT2D eigenvalue weighted by Crippen LogP contribution is 2.27. The molecule has 0 bridgehead atoms. The van der Waals surface area contributed by atoms with Gasteiger partial charge in [-0.25, -0.2) is 4.98 Å². The molecule has 0 fully saturated rings. The Morgan fingerprint density at radius 1 is 1.28 bits per heavy atom.